The van der Waals surface area contributed by atoms with Gasteiger partial charge >= 0.3 is 0 Å². The smallest absolute Gasteiger partial charge is 0.201 e. The van der Waals surface area contributed by atoms with Gasteiger partial charge in [0.25, 0.3) is 0 Å². The van der Waals surface area contributed by atoms with Crippen LogP contribution < -0.4 is 0 Å². The Bertz CT molecular complexity index is 556. The van der Waals surface area contributed by atoms with Crippen molar-refractivity contribution in [2.75, 3.05) is 0 Å². The lowest BCUT2D eigenvalue weighted by atomic mass is 9.63. The maximum absolute atomic E-state index is 11.9. The molecule has 0 aromatic rings. The van der Waals surface area contributed by atoms with Gasteiger partial charge in [-0.05, 0) is 32.1 Å². The van der Waals surface area contributed by atoms with Crippen LogP contribution in [0.5, 0.6) is 0 Å². The Morgan fingerprint density at radius 3 is 2.36 bits per heavy atom. The third-order valence-electron chi connectivity index (χ3n) is 4.49. The molecule has 2 atom stereocenters. The van der Waals surface area contributed by atoms with Gasteiger partial charge in [0.1, 0.15) is 0 Å². The number of Topliss-reactive ketones (excluding diaryl/α,β-unsaturated/α-hetero) is 2. The molecule has 0 aromatic heterocycles. The minimum absolute atomic E-state index is 0.0994. The topological polar surface area (TPSA) is 34.1 Å². The molecule has 0 spiro atoms. The Balaban J connectivity index is 2.87. The number of carbonyl (C=O) groups is 2. The highest BCUT2D eigenvalue weighted by Crippen LogP contribution is 2.41. The number of hydrogen-bond donors (Lipinski definition) is 0. The number of carbonyl (C=O) groups excluding carboxylic acids is 2. The number of hydrogen-bond acceptors (Lipinski definition) is 2. The molecule has 22 heavy (non-hydrogen) atoms. The quantitative estimate of drug-likeness (QED) is 0.550. The maximum atomic E-state index is 11.9. The van der Waals surface area contributed by atoms with E-state index in [4.69, 9.17) is 0 Å². The Kier molecular flexibility index (Phi) is 6.28. The van der Waals surface area contributed by atoms with E-state index >= 15 is 0 Å². The zero-order valence-corrected chi connectivity index (χ0v) is 14.6. The van der Waals surface area contributed by atoms with Crippen LogP contribution >= 0.6 is 0 Å². The zero-order chi connectivity index (χ0) is 16.9. The van der Waals surface area contributed by atoms with Crippen LogP contribution in [0, 0.1) is 17.3 Å². The van der Waals surface area contributed by atoms with Crippen LogP contribution in [-0.2, 0) is 9.59 Å². The van der Waals surface area contributed by atoms with Crippen LogP contribution in [0.3, 0.4) is 0 Å². The minimum Gasteiger partial charge on any atom is -0.291 e. The second-order valence-corrected chi connectivity index (χ2v) is 6.93. The Morgan fingerprint density at radius 1 is 1.14 bits per heavy atom. The van der Waals surface area contributed by atoms with Crippen molar-refractivity contribution in [2.45, 2.75) is 48.0 Å². The molecule has 0 aliphatic heterocycles. The van der Waals surface area contributed by atoms with Crippen LogP contribution in [0.25, 0.3) is 0 Å². The molecule has 0 N–H and O–H groups in total. The first kappa shape index (κ1) is 18.3. The highest BCUT2D eigenvalue weighted by molar-refractivity contribution is 6.38. The largest absolute Gasteiger partial charge is 0.291 e. The normalized spacial score (nSPS) is 27.2. The summed E-state index contributed by atoms with van der Waals surface area (Å²) in [5, 5.41) is 0. The molecule has 1 saturated carbocycles. The molecule has 0 saturated heterocycles. The number of rotatable bonds is 4. The van der Waals surface area contributed by atoms with Gasteiger partial charge in [-0.2, -0.15) is 0 Å². The van der Waals surface area contributed by atoms with E-state index in [9.17, 15) is 9.59 Å². The van der Waals surface area contributed by atoms with Crippen LogP contribution in [0.15, 0.2) is 47.6 Å². The van der Waals surface area contributed by atoms with E-state index in [2.05, 4.69) is 51.2 Å². The maximum Gasteiger partial charge on any atom is 0.201 e. The first-order valence-corrected chi connectivity index (χ1v) is 7.92. The molecule has 0 heterocycles. The van der Waals surface area contributed by atoms with Gasteiger partial charge in [-0.15, -0.1) is 0 Å². The summed E-state index contributed by atoms with van der Waals surface area (Å²) in [5.41, 5.74) is 2.19. The van der Waals surface area contributed by atoms with E-state index in [1.807, 2.05) is 26.8 Å². The lowest BCUT2D eigenvalue weighted by Gasteiger charge is -2.39. The lowest BCUT2D eigenvalue weighted by molar-refractivity contribution is -0.145. The summed E-state index contributed by atoms with van der Waals surface area (Å²) in [6.45, 7) is 12.1. The Hall–Kier alpha value is -1.70. The predicted octanol–water partition coefficient (Wildman–Crippen LogP) is 4.83. The van der Waals surface area contributed by atoms with Crippen molar-refractivity contribution >= 4 is 11.6 Å². The summed E-state index contributed by atoms with van der Waals surface area (Å²) in [6, 6.07) is 0. The monoisotopic (exact) mass is 300 g/mol. The zero-order valence-electron chi connectivity index (χ0n) is 14.6. The molecular weight excluding hydrogens is 272 g/mol. The molecule has 0 amide bonds. The van der Waals surface area contributed by atoms with Crippen molar-refractivity contribution < 1.29 is 9.59 Å². The molecule has 1 aliphatic rings. The average Bonchev–Trinajstić information content (AvgIpc) is 2.43. The summed E-state index contributed by atoms with van der Waals surface area (Å²) >= 11 is 0. The van der Waals surface area contributed by atoms with Crippen LogP contribution in [0.4, 0.5) is 0 Å². The van der Waals surface area contributed by atoms with E-state index in [0.29, 0.717) is 6.42 Å². The summed E-state index contributed by atoms with van der Waals surface area (Å²) < 4.78 is 0. The molecule has 2 unspecified atom stereocenters. The summed E-state index contributed by atoms with van der Waals surface area (Å²) in [6.07, 6.45) is 12.7. The van der Waals surface area contributed by atoms with E-state index in [0.717, 1.165) is 5.57 Å². The van der Waals surface area contributed by atoms with Crippen molar-refractivity contribution in [3.05, 3.63) is 47.6 Å². The van der Waals surface area contributed by atoms with Crippen molar-refractivity contribution in [3.8, 4) is 0 Å². The van der Waals surface area contributed by atoms with Crippen molar-refractivity contribution in [1.82, 2.24) is 0 Å². The van der Waals surface area contributed by atoms with Crippen molar-refractivity contribution in [2.24, 2.45) is 17.3 Å². The molecular formula is C20H28O2. The van der Waals surface area contributed by atoms with Crippen molar-refractivity contribution in [3.63, 3.8) is 0 Å². The van der Waals surface area contributed by atoms with Crippen LogP contribution in [0.1, 0.15) is 48.0 Å². The van der Waals surface area contributed by atoms with E-state index in [1.54, 1.807) is 0 Å². The van der Waals surface area contributed by atoms with Gasteiger partial charge < -0.3 is 0 Å². The minimum atomic E-state index is -0.235. The standard InChI is InChI=1S/C20H28O2/c1-7-14(2)9-8-10-15(3)11-12-17-16(4)19(22)18(21)13-20(17,5)6/h7-12,16-17H,13H2,1-6H3/b9-8+,12-11?,14-7?,15-10?. The van der Waals surface area contributed by atoms with E-state index < -0.39 is 0 Å². The highest BCUT2D eigenvalue weighted by Gasteiger charge is 2.44. The Labute approximate surface area is 134 Å². The number of allylic oxidation sites excluding steroid dienone is 8. The van der Waals surface area contributed by atoms with Gasteiger partial charge in [0, 0.05) is 12.3 Å². The molecule has 0 aromatic carbocycles. The average molecular weight is 300 g/mol. The molecule has 0 radical (unpaired) electrons. The Morgan fingerprint density at radius 2 is 1.77 bits per heavy atom. The number of ketones is 2. The van der Waals surface area contributed by atoms with Crippen LogP contribution in [0.2, 0.25) is 0 Å². The SMILES string of the molecule is CC=C(C)/C=C/C=C(C)C=CC1C(C)C(=O)C(=O)CC1(C)C. The summed E-state index contributed by atoms with van der Waals surface area (Å²) in [7, 11) is 0. The second kappa shape index (κ2) is 7.53. The van der Waals surface area contributed by atoms with Gasteiger partial charge in [0.05, 0.1) is 0 Å². The highest BCUT2D eigenvalue weighted by atomic mass is 16.2. The fraction of sp³-hybridized carbons (Fsp3) is 0.500. The molecule has 0 bridgehead atoms. The van der Waals surface area contributed by atoms with Crippen LogP contribution in [-0.4, -0.2) is 11.6 Å². The van der Waals surface area contributed by atoms with Gasteiger partial charge in [0.15, 0.2) is 5.78 Å². The van der Waals surface area contributed by atoms with E-state index in [-0.39, 0.29) is 28.8 Å². The van der Waals surface area contributed by atoms with Gasteiger partial charge in [-0.1, -0.05) is 68.4 Å². The third kappa shape index (κ3) is 4.66. The molecule has 1 aliphatic carbocycles. The first-order chi connectivity index (χ1) is 10.2. The fourth-order valence-electron chi connectivity index (χ4n) is 2.90. The summed E-state index contributed by atoms with van der Waals surface area (Å²) in [4.78, 5) is 23.7. The first-order valence-electron chi connectivity index (χ1n) is 7.92. The second-order valence-electron chi connectivity index (χ2n) is 6.93. The molecule has 120 valence electrons. The van der Waals surface area contributed by atoms with Gasteiger partial charge in [-0.25, -0.2) is 0 Å². The molecule has 1 rings (SSSR count). The predicted molar refractivity (Wildman–Crippen MR) is 92.5 cm³/mol. The van der Waals surface area contributed by atoms with Gasteiger partial charge in [0.2, 0.25) is 5.78 Å². The summed E-state index contributed by atoms with van der Waals surface area (Å²) in [5.74, 6) is -0.582. The lowest BCUT2D eigenvalue weighted by Crippen LogP contribution is -2.43. The molecule has 1 fully saturated rings. The molecule has 2 heteroatoms. The van der Waals surface area contributed by atoms with Crippen molar-refractivity contribution in [1.29, 1.82) is 0 Å². The fourth-order valence-corrected chi connectivity index (χ4v) is 2.90. The van der Waals surface area contributed by atoms with Gasteiger partial charge in [-0.3, -0.25) is 9.59 Å². The third-order valence-corrected chi connectivity index (χ3v) is 4.49. The molecule has 2 nitrogen and oxygen atoms in total. The van der Waals surface area contributed by atoms with E-state index in [1.165, 1.54) is 5.57 Å².